The minimum Gasteiger partial charge on any atom is -0.336 e. The lowest BCUT2D eigenvalue weighted by atomic mass is 9.98. The number of hydrogen-bond donors (Lipinski definition) is 0. The third-order valence-electron chi connectivity index (χ3n) is 5.88. The van der Waals surface area contributed by atoms with Gasteiger partial charge in [0.2, 0.25) is 5.91 Å². The summed E-state index contributed by atoms with van der Waals surface area (Å²) < 4.78 is 0. The van der Waals surface area contributed by atoms with Gasteiger partial charge in [0, 0.05) is 36.6 Å². The number of amides is 1. The third kappa shape index (κ3) is 4.49. The number of nitrogens with zero attached hydrogens (tertiary/aromatic N) is 2. The molecular formula is C20H25Cl3N2O2S. The zero-order valence-corrected chi connectivity index (χ0v) is 18.8. The van der Waals surface area contributed by atoms with Crippen molar-refractivity contribution >= 4 is 59.1 Å². The van der Waals surface area contributed by atoms with E-state index in [1.165, 1.54) is 19.3 Å². The molecule has 2 atom stereocenters. The van der Waals surface area contributed by atoms with Crippen LogP contribution in [0.15, 0.2) is 12.1 Å². The van der Waals surface area contributed by atoms with Crippen LogP contribution in [0.2, 0.25) is 10.0 Å². The number of likely N-dealkylation sites (tertiary alicyclic amines) is 1. The fourth-order valence-electron chi connectivity index (χ4n) is 4.45. The maximum Gasteiger partial charge on any atom is 0.230 e. The first-order valence-corrected chi connectivity index (χ1v) is 11.6. The molecule has 28 heavy (non-hydrogen) atoms. The summed E-state index contributed by atoms with van der Waals surface area (Å²) in [5, 5.41) is 0.774. The number of ketones is 1. The lowest BCUT2D eigenvalue weighted by Gasteiger charge is -2.40. The van der Waals surface area contributed by atoms with Crippen molar-refractivity contribution in [3.8, 4) is 0 Å². The Bertz CT molecular complexity index is 755. The maximum absolute atomic E-state index is 13.4. The molecule has 4 rings (SSSR count). The molecule has 154 valence electrons. The Hall–Kier alpha value is -0.460. The van der Waals surface area contributed by atoms with Crippen molar-refractivity contribution in [1.82, 2.24) is 9.80 Å². The molecular weight excluding hydrogens is 439 g/mol. The van der Waals surface area contributed by atoms with Crippen LogP contribution in [0.1, 0.15) is 47.5 Å². The normalized spacial score (nSPS) is 25.4. The van der Waals surface area contributed by atoms with Crippen molar-refractivity contribution in [1.29, 1.82) is 0 Å². The summed E-state index contributed by atoms with van der Waals surface area (Å²) in [6.45, 7) is 3.95. The molecule has 8 heteroatoms. The van der Waals surface area contributed by atoms with E-state index in [1.54, 1.807) is 12.1 Å². The highest BCUT2D eigenvalue weighted by atomic mass is 35.5. The fourth-order valence-corrected chi connectivity index (χ4v) is 5.84. The minimum atomic E-state index is -0.422. The average Bonchev–Trinajstić information content (AvgIpc) is 2.99. The first-order valence-electron chi connectivity index (χ1n) is 9.67. The molecule has 2 fully saturated rings. The first-order chi connectivity index (χ1) is 13.0. The molecule has 1 aliphatic carbocycles. The van der Waals surface area contributed by atoms with Gasteiger partial charge in [-0.15, -0.1) is 12.4 Å². The smallest absolute Gasteiger partial charge is 0.230 e. The molecule has 1 aromatic carbocycles. The highest BCUT2D eigenvalue weighted by Crippen LogP contribution is 2.39. The third-order valence-corrected chi connectivity index (χ3v) is 7.70. The molecule has 2 aliphatic heterocycles. The van der Waals surface area contributed by atoms with E-state index in [9.17, 15) is 9.59 Å². The molecule has 0 N–H and O–H groups in total. The van der Waals surface area contributed by atoms with Crippen LogP contribution in [-0.4, -0.2) is 65.2 Å². The number of carbonyl (C=O) groups excluding carboxylic acids is 2. The summed E-state index contributed by atoms with van der Waals surface area (Å²) in [5.74, 6) is 1.56. The Kier molecular flexibility index (Phi) is 7.60. The molecule has 0 radical (unpaired) electrons. The minimum absolute atomic E-state index is 0. The van der Waals surface area contributed by atoms with Crippen molar-refractivity contribution in [2.45, 2.75) is 37.6 Å². The van der Waals surface area contributed by atoms with E-state index < -0.39 is 5.92 Å². The predicted octanol–water partition coefficient (Wildman–Crippen LogP) is 4.52. The Morgan fingerprint density at radius 3 is 2.57 bits per heavy atom. The Morgan fingerprint density at radius 1 is 1.11 bits per heavy atom. The summed E-state index contributed by atoms with van der Waals surface area (Å²) in [4.78, 5) is 30.4. The molecule has 0 aromatic heterocycles. The highest BCUT2D eigenvalue weighted by Gasteiger charge is 2.40. The van der Waals surface area contributed by atoms with E-state index in [4.69, 9.17) is 23.2 Å². The maximum atomic E-state index is 13.4. The summed E-state index contributed by atoms with van der Waals surface area (Å²) in [7, 11) is 0. The van der Waals surface area contributed by atoms with Gasteiger partial charge in [0.25, 0.3) is 0 Å². The molecule has 0 spiro atoms. The summed E-state index contributed by atoms with van der Waals surface area (Å²) in [6.07, 6.45) is 4.03. The van der Waals surface area contributed by atoms with Crippen molar-refractivity contribution in [3.63, 3.8) is 0 Å². The monoisotopic (exact) mass is 462 g/mol. The molecule has 4 nitrogen and oxygen atoms in total. The number of fused-ring (bicyclic) bond motifs is 1. The average molecular weight is 464 g/mol. The number of carbonyl (C=O) groups is 2. The van der Waals surface area contributed by atoms with Gasteiger partial charge in [0.15, 0.2) is 5.78 Å². The zero-order chi connectivity index (χ0) is 19.0. The second-order valence-corrected chi connectivity index (χ2v) is 9.62. The molecule has 1 aromatic rings. The van der Waals surface area contributed by atoms with Crippen molar-refractivity contribution in [3.05, 3.63) is 33.3 Å². The van der Waals surface area contributed by atoms with Crippen LogP contribution < -0.4 is 0 Å². The quantitative estimate of drug-likeness (QED) is 0.661. The topological polar surface area (TPSA) is 40.6 Å². The first kappa shape index (κ1) is 22.2. The van der Waals surface area contributed by atoms with Gasteiger partial charge in [-0.3, -0.25) is 9.59 Å². The van der Waals surface area contributed by atoms with E-state index in [2.05, 4.69) is 4.90 Å². The molecule has 2 heterocycles. The number of halogens is 3. The Morgan fingerprint density at radius 2 is 1.82 bits per heavy atom. The summed E-state index contributed by atoms with van der Waals surface area (Å²) in [5.41, 5.74) is 1.30. The largest absolute Gasteiger partial charge is 0.336 e. The van der Waals surface area contributed by atoms with Crippen LogP contribution in [0.3, 0.4) is 0 Å². The van der Waals surface area contributed by atoms with Crippen LogP contribution in [-0.2, 0) is 4.79 Å². The van der Waals surface area contributed by atoms with E-state index >= 15 is 0 Å². The molecule has 2 unspecified atom stereocenters. The van der Waals surface area contributed by atoms with E-state index in [0.29, 0.717) is 15.6 Å². The van der Waals surface area contributed by atoms with Crippen molar-refractivity contribution < 1.29 is 9.59 Å². The van der Waals surface area contributed by atoms with Gasteiger partial charge in [0.1, 0.15) is 0 Å². The van der Waals surface area contributed by atoms with Gasteiger partial charge < -0.3 is 9.80 Å². The van der Waals surface area contributed by atoms with Crippen molar-refractivity contribution in [2.75, 3.05) is 37.7 Å². The van der Waals surface area contributed by atoms with Gasteiger partial charge in [-0.1, -0.05) is 29.6 Å². The van der Waals surface area contributed by atoms with Crippen LogP contribution in [0, 0.1) is 0 Å². The van der Waals surface area contributed by atoms with Gasteiger partial charge in [-0.2, -0.15) is 11.8 Å². The number of hydrogen-bond acceptors (Lipinski definition) is 4. The number of Topliss-reactive ketones (excluding diaryl/α,β-unsaturated/α-hetero) is 1. The SMILES string of the molecule is Cl.O=C1CC(C(=O)N2CCSCC2CN2CCCCC2)c2cc(Cl)c(Cl)cc21. The van der Waals surface area contributed by atoms with Gasteiger partial charge in [-0.05, 0) is 43.6 Å². The Balaban J connectivity index is 0.00000225. The Labute approximate surface area is 186 Å². The number of benzene rings is 1. The summed E-state index contributed by atoms with van der Waals surface area (Å²) >= 11 is 14.2. The summed E-state index contributed by atoms with van der Waals surface area (Å²) in [6, 6.07) is 3.55. The van der Waals surface area contributed by atoms with E-state index in [-0.39, 0.29) is 36.6 Å². The van der Waals surface area contributed by atoms with Crippen LogP contribution in [0.5, 0.6) is 0 Å². The van der Waals surface area contributed by atoms with Crippen LogP contribution in [0.4, 0.5) is 0 Å². The number of rotatable bonds is 3. The molecule has 0 bridgehead atoms. The second kappa shape index (κ2) is 9.57. The van der Waals surface area contributed by atoms with E-state index in [1.807, 2.05) is 16.7 Å². The lowest BCUT2D eigenvalue weighted by Crippen LogP contribution is -2.53. The zero-order valence-electron chi connectivity index (χ0n) is 15.7. The molecule has 0 saturated carbocycles. The van der Waals surface area contributed by atoms with Gasteiger partial charge in [-0.25, -0.2) is 0 Å². The van der Waals surface area contributed by atoms with E-state index in [0.717, 1.165) is 43.2 Å². The van der Waals surface area contributed by atoms with Crippen LogP contribution >= 0.6 is 47.4 Å². The fraction of sp³-hybridized carbons (Fsp3) is 0.600. The molecule has 2 saturated heterocycles. The number of piperidine rings is 1. The van der Waals surface area contributed by atoms with Gasteiger partial charge >= 0.3 is 0 Å². The second-order valence-electron chi connectivity index (χ2n) is 7.66. The molecule has 1 amide bonds. The van der Waals surface area contributed by atoms with Crippen molar-refractivity contribution in [2.24, 2.45) is 0 Å². The number of thioether (sulfide) groups is 1. The standard InChI is InChI=1S/C20H24Cl2N2O2S.ClH/c21-17-8-14-15(9-18(17)22)19(25)10-16(14)20(26)24-6-7-27-12-13(24)11-23-4-2-1-3-5-23;/h8-9,13,16H,1-7,10-12H2;1H. The lowest BCUT2D eigenvalue weighted by molar-refractivity contribution is -0.135. The highest BCUT2D eigenvalue weighted by molar-refractivity contribution is 7.99. The molecule has 3 aliphatic rings. The van der Waals surface area contributed by atoms with Gasteiger partial charge in [0.05, 0.1) is 22.0 Å². The van der Waals surface area contributed by atoms with Crippen LogP contribution in [0.25, 0.3) is 0 Å². The predicted molar refractivity (Wildman–Crippen MR) is 119 cm³/mol.